The number of carbonyl (C=O) groups excluding carboxylic acids is 1. The molecule has 134 valence electrons. The lowest BCUT2D eigenvalue weighted by Crippen LogP contribution is -2.30. The minimum absolute atomic E-state index is 0.269. The van der Waals surface area contributed by atoms with Crippen LogP contribution < -0.4 is 4.74 Å². The number of aromatic nitrogens is 3. The van der Waals surface area contributed by atoms with E-state index in [1.54, 1.807) is 12.4 Å². The van der Waals surface area contributed by atoms with Crippen LogP contribution in [0, 0.1) is 0 Å². The Labute approximate surface area is 152 Å². The lowest BCUT2D eigenvalue weighted by molar-refractivity contribution is -0.146. The summed E-state index contributed by atoms with van der Waals surface area (Å²) >= 11 is 0. The summed E-state index contributed by atoms with van der Waals surface area (Å²) in [7, 11) is 1.40. The van der Waals surface area contributed by atoms with Crippen LogP contribution in [0.5, 0.6) is 5.75 Å². The number of hydrogen-bond donors (Lipinski definition) is 1. The monoisotopic (exact) mass is 351 g/mol. The summed E-state index contributed by atoms with van der Waals surface area (Å²) in [4.78, 5) is 16.4. The fraction of sp³-hybridized carbons (Fsp3) is 0.250. The normalized spacial score (nSPS) is 11.2. The summed E-state index contributed by atoms with van der Waals surface area (Å²) in [5.74, 6) is 0.403. The summed E-state index contributed by atoms with van der Waals surface area (Å²) in [6.07, 6.45) is 3.36. The number of esters is 1. The van der Waals surface area contributed by atoms with Gasteiger partial charge in [-0.25, -0.2) is 0 Å². The number of aromatic amines is 1. The number of ether oxygens (including phenoxy) is 2. The van der Waals surface area contributed by atoms with Crippen molar-refractivity contribution in [2.24, 2.45) is 0 Å². The van der Waals surface area contributed by atoms with Crippen molar-refractivity contribution in [1.29, 1.82) is 0 Å². The molecule has 1 N–H and O–H groups in total. The highest BCUT2D eigenvalue weighted by Gasteiger charge is 2.30. The van der Waals surface area contributed by atoms with Gasteiger partial charge in [-0.1, -0.05) is 24.3 Å². The van der Waals surface area contributed by atoms with E-state index in [0.29, 0.717) is 12.4 Å². The number of hydrogen-bond acceptors (Lipinski definition) is 5. The smallest absolute Gasteiger partial charge is 0.315 e. The van der Waals surface area contributed by atoms with Gasteiger partial charge in [0.2, 0.25) is 0 Å². The van der Waals surface area contributed by atoms with Gasteiger partial charge in [0.1, 0.15) is 12.4 Å². The van der Waals surface area contributed by atoms with Gasteiger partial charge >= 0.3 is 5.97 Å². The minimum atomic E-state index is -0.710. The molecule has 0 aliphatic heterocycles. The molecule has 0 spiro atoms. The number of H-pyrrole nitrogens is 1. The zero-order valence-corrected chi connectivity index (χ0v) is 15.0. The number of pyridine rings is 1. The first-order valence-electron chi connectivity index (χ1n) is 8.27. The summed E-state index contributed by atoms with van der Waals surface area (Å²) in [6.45, 7) is 4.07. The maximum atomic E-state index is 12.0. The van der Waals surface area contributed by atoms with Crippen molar-refractivity contribution < 1.29 is 14.3 Å². The molecule has 3 aromatic rings. The molecule has 0 aliphatic rings. The Bertz CT molecular complexity index is 872. The molecule has 6 nitrogen and oxygen atoms in total. The summed E-state index contributed by atoms with van der Waals surface area (Å²) in [5.41, 5.74) is 2.80. The maximum absolute atomic E-state index is 12.0. The zero-order chi connectivity index (χ0) is 18.6. The Morgan fingerprint density at radius 1 is 1.19 bits per heavy atom. The van der Waals surface area contributed by atoms with Crippen LogP contribution in [0.3, 0.4) is 0 Å². The second-order valence-electron chi connectivity index (χ2n) is 6.46. The van der Waals surface area contributed by atoms with Gasteiger partial charge in [0.25, 0.3) is 0 Å². The molecule has 2 aromatic heterocycles. The Morgan fingerprint density at radius 2 is 2.04 bits per heavy atom. The van der Waals surface area contributed by atoms with Crippen molar-refractivity contribution in [2.45, 2.75) is 25.9 Å². The Hall–Kier alpha value is -3.15. The number of nitrogens with one attached hydrogen (secondary N) is 1. The molecule has 0 saturated carbocycles. The molecule has 0 radical (unpaired) electrons. The van der Waals surface area contributed by atoms with Crippen LogP contribution in [-0.2, 0) is 21.6 Å². The average molecular weight is 351 g/mol. The van der Waals surface area contributed by atoms with E-state index in [1.807, 2.05) is 56.3 Å². The van der Waals surface area contributed by atoms with Crippen molar-refractivity contribution in [3.63, 3.8) is 0 Å². The van der Waals surface area contributed by atoms with E-state index in [9.17, 15) is 4.79 Å². The third-order valence-electron chi connectivity index (χ3n) is 4.26. The SMILES string of the molecule is COC(=O)C(C)(C)c1cccc(COc2ccc(-c3ccn[nH]3)nc2)c1. The fourth-order valence-electron chi connectivity index (χ4n) is 2.61. The molecule has 1 aromatic carbocycles. The first-order chi connectivity index (χ1) is 12.5. The van der Waals surface area contributed by atoms with Crippen molar-refractivity contribution in [3.05, 3.63) is 66.0 Å². The topological polar surface area (TPSA) is 77.1 Å². The largest absolute Gasteiger partial charge is 0.487 e. The standard InChI is InChI=1S/C20H21N3O3/c1-20(2,19(24)25-3)15-6-4-5-14(11-15)13-26-16-7-8-17(21-12-16)18-9-10-22-23-18/h4-12H,13H2,1-3H3,(H,22,23). The molecule has 0 aliphatic carbocycles. The highest BCUT2D eigenvalue weighted by atomic mass is 16.5. The molecule has 26 heavy (non-hydrogen) atoms. The van der Waals surface area contributed by atoms with Gasteiger partial charge in [0.05, 0.1) is 30.1 Å². The maximum Gasteiger partial charge on any atom is 0.315 e. The van der Waals surface area contributed by atoms with Crippen molar-refractivity contribution >= 4 is 5.97 Å². The predicted molar refractivity (Wildman–Crippen MR) is 97.6 cm³/mol. The van der Waals surface area contributed by atoms with Gasteiger partial charge in [-0.3, -0.25) is 14.9 Å². The Morgan fingerprint density at radius 3 is 2.69 bits per heavy atom. The summed E-state index contributed by atoms with van der Waals surface area (Å²) in [5, 5.41) is 6.79. The molecule has 0 amide bonds. The van der Waals surface area contributed by atoms with E-state index >= 15 is 0 Å². The van der Waals surface area contributed by atoms with Gasteiger partial charge in [0, 0.05) is 6.20 Å². The van der Waals surface area contributed by atoms with Gasteiger partial charge < -0.3 is 9.47 Å². The first-order valence-corrected chi connectivity index (χ1v) is 8.27. The molecular formula is C20H21N3O3. The van der Waals surface area contributed by atoms with Crippen LogP contribution in [0.4, 0.5) is 0 Å². The number of nitrogens with zero attached hydrogens (tertiary/aromatic N) is 2. The fourth-order valence-corrected chi connectivity index (χ4v) is 2.61. The third kappa shape index (κ3) is 3.74. The van der Waals surface area contributed by atoms with Crippen LogP contribution in [0.25, 0.3) is 11.4 Å². The predicted octanol–water partition coefficient (Wildman–Crippen LogP) is 3.50. The van der Waals surface area contributed by atoms with Gasteiger partial charge in [-0.15, -0.1) is 0 Å². The third-order valence-corrected chi connectivity index (χ3v) is 4.26. The first kappa shape index (κ1) is 17.7. The molecule has 0 fully saturated rings. The van der Waals surface area contributed by atoms with E-state index < -0.39 is 5.41 Å². The number of methoxy groups -OCH3 is 1. The number of rotatable bonds is 6. The highest BCUT2D eigenvalue weighted by molar-refractivity contribution is 5.82. The van der Waals surface area contributed by atoms with Crippen LogP contribution in [0.1, 0.15) is 25.0 Å². The van der Waals surface area contributed by atoms with E-state index in [4.69, 9.17) is 9.47 Å². The average Bonchev–Trinajstić information content (AvgIpc) is 3.21. The molecule has 3 rings (SSSR count). The van der Waals surface area contributed by atoms with Crippen molar-refractivity contribution in [3.8, 4) is 17.1 Å². The minimum Gasteiger partial charge on any atom is -0.487 e. The van der Waals surface area contributed by atoms with Gasteiger partial charge in [-0.2, -0.15) is 5.10 Å². The van der Waals surface area contributed by atoms with Crippen LogP contribution >= 0.6 is 0 Å². The summed E-state index contributed by atoms with van der Waals surface area (Å²) in [6, 6.07) is 13.4. The molecule has 0 atom stereocenters. The van der Waals surface area contributed by atoms with Crippen LogP contribution in [-0.4, -0.2) is 28.3 Å². The summed E-state index contributed by atoms with van der Waals surface area (Å²) < 4.78 is 10.7. The molecule has 0 unspecified atom stereocenters. The molecule has 2 heterocycles. The van der Waals surface area contributed by atoms with E-state index in [0.717, 1.165) is 22.5 Å². The van der Waals surface area contributed by atoms with E-state index in [1.165, 1.54) is 7.11 Å². The molecule has 6 heteroatoms. The van der Waals surface area contributed by atoms with Crippen molar-refractivity contribution in [1.82, 2.24) is 15.2 Å². The lowest BCUT2D eigenvalue weighted by atomic mass is 9.84. The highest BCUT2D eigenvalue weighted by Crippen LogP contribution is 2.26. The molecular weight excluding hydrogens is 330 g/mol. The van der Waals surface area contributed by atoms with Crippen LogP contribution in [0.2, 0.25) is 0 Å². The van der Waals surface area contributed by atoms with E-state index in [-0.39, 0.29) is 5.97 Å². The second-order valence-corrected chi connectivity index (χ2v) is 6.46. The van der Waals surface area contributed by atoms with Crippen LogP contribution in [0.15, 0.2) is 54.9 Å². The van der Waals surface area contributed by atoms with Gasteiger partial charge in [-0.05, 0) is 43.2 Å². The zero-order valence-electron chi connectivity index (χ0n) is 15.0. The second kappa shape index (κ2) is 7.39. The number of benzene rings is 1. The lowest BCUT2D eigenvalue weighted by Gasteiger charge is -2.22. The Kier molecular flexibility index (Phi) is 5.02. The number of carbonyl (C=O) groups is 1. The molecule has 0 saturated heterocycles. The Balaban J connectivity index is 1.68. The molecule has 0 bridgehead atoms. The quantitative estimate of drug-likeness (QED) is 0.688. The van der Waals surface area contributed by atoms with Gasteiger partial charge in [0.15, 0.2) is 0 Å². The van der Waals surface area contributed by atoms with E-state index in [2.05, 4.69) is 15.2 Å². The van der Waals surface area contributed by atoms with Crippen molar-refractivity contribution in [2.75, 3.05) is 7.11 Å².